The van der Waals surface area contributed by atoms with Crippen LogP contribution in [0.4, 0.5) is 0 Å². The summed E-state index contributed by atoms with van der Waals surface area (Å²) in [6.07, 6.45) is 4.41. The van der Waals surface area contributed by atoms with E-state index in [-0.39, 0.29) is 5.97 Å². The second kappa shape index (κ2) is 6.68. The SMILES string of the molecule is COC(=O)c1cccc(COC2CCC(N)CC2)c1. The summed E-state index contributed by atoms with van der Waals surface area (Å²) < 4.78 is 10.6. The van der Waals surface area contributed by atoms with E-state index < -0.39 is 0 Å². The number of benzene rings is 1. The molecule has 2 N–H and O–H groups in total. The molecule has 4 heteroatoms. The Morgan fingerprint density at radius 2 is 2.05 bits per heavy atom. The molecule has 0 aliphatic heterocycles. The molecule has 0 saturated heterocycles. The minimum atomic E-state index is -0.314. The Kier molecular flexibility index (Phi) is 4.93. The molecule has 1 fully saturated rings. The van der Waals surface area contributed by atoms with Crippen molar-refractivity contribution >= 4 is 5.97 Å². The van der Waals surface area contributed by atoms with E-state index in [0.29, 0.717) is 24.3 Å². The van der Waals surface area contributed by atoms with Crippen LogP contribution in [0.25, 0.3) is 0 Å². The molecule has 0 atom stereocenters. The zero-order valence-electron chi connectivity index (χ0n) is 11.3. The second-order valence-corrected chi connectivity index (χ2v) is 5.04. The summed E-state index contributed by atoms with van der Waals surface area (Å²) in [4.78, 5) is 11.4. The first-order chi connectivity index (χ1) is 9.19. The van der Waals surface area contributed by atoms with Gasteiger partial charge in [-0.3, -0.25) is 0 Å². The van der Waals surface area contributed by atoms with Crippen LogP contribution in [-0.4, -0.2) is 25.2 Å². The van der Waals surface area contributed by atoms with Crippen molar-refractivity contribution in [2.45, 2.75) is 44.4 Å². The maximum Gasteiger partial charge on any atom is 0.337 e. The molecule has 0 unspecified atom stereocenters. The largest absolute Gasteiger partial charge is 0.465 e. The van der Waals surface area contributed by atoms with Crippen LogP contribution in [0.2, 0.25) is 0 Å². The van der Waals surface area contributed by atoms with E-state index >= 15 is 0 Å². The molecular weight excluding hydrogens is 242 g/mol. The molecule has 4 nitrogen and oxygen atoms in total. The normalized spacial score (nSPS) is 23.1. The summed E-state index contributed by atoms with van der Waals surface area (Å²) in [7, 11) is 1.39. The topological polar surface area (TPSA) is 61.5 Å². The Bertz CT molecular complexity index is 425. The number of carbonyl (C=O) groups excluding carboxylic acids is 1. The zero-order valence-corrected chi connectivity index (χ0v) is 11.3. The number of methoxy groups -OCH3 is 1. The fourth-order valence-corrected chi connectivity index (χ4v) is 2.38. The van der Waals surface area contributed by atoms with Gasteiger partial charge in [-0.25, -0.2) is 4.79 Å². The van der Waals surface area contributed by atoms with E-state index in [1.54, 1.807) is 6.07 Å². The Balaban J connectivity index is 1.87. The van der Waals surface area contributed by atoms with Crippen molar-refractivity contribution in [2.24, 2.45) is 5.73 Å². The molecule has 0 bridgehead atoms. The van der Waals surface area contributed by atoms with Crippen LogP contribution in [0.1, 0.15) is 41.6 Å². The molecule has 1 aliphatic rings. The molecule has 0 amide bonds. The van der Waals surface area contributed by atoms with Gasteiger partial charge in [0.15, 0.2) is 0 Å². The molecule has 19 heavy (non-hydrogen) atoms. The number of rotatable bonds is 4. The van der Waals surface area contributed by atoms with Crippen molar-refractivity contribution in [3.05, 3.63) is 35.4 Å². The third kappa shape index (κ3) is 4.04. The third-order valence-electron chi connectivity index (χ3n) is 3.55. The van der Waals surface area contributed by atoms with Gasteiger partial charge < -0.3 is 15.2 Å². The number of ether oxygens (including phenoxy) is 2. The molecule has 104 valence electrons. The molecule has 0 aromatic heterocycles. The summed E-state index contributed by atoms with van der Waals surface area (Å²) in [5.41, 5.74) is 7.43. The van der Waals surface area contributed by atoms with Crippen molar-refractivity contribution in [1.82, 2.24) is 0 Å². The molecular formula is C15H21NO3. The van der Waals surface area contributed by atoms with Crippen molar-refractivity contribution < 1.29 is 14.3 Å². The molecule has 0 heterocycles. The monoisotopic (exact) mass is 263 g/mol. The van der Waals surface area contributed by atoms with E-state index in [9.17, 15) is 4.79 Å². The third-order valence-corrected chi connectivity index (χ3v) is 3.55. The first-order valence-corrected chi connectivity index (χ1v) is 6.73. The summed E-state index contributed by atoms with van der Waals surface area (Å²) in [5, 5.41) is 0. The van der Waals surface area contributed by atoms with Gasteiger partial charge in [0, 0.05) is 6.04 Å². The lowest BCUT2D eigenvalue weighted by Gasteiger charge is -2.26. The van der Waals surface area contributed by atoms with Gasteiger partial charge in [0.2, 0.25) is 0 Å². The predicted molar refractivity (Wildman–Crippen MR) is 72.8 cm³/mol. The van der Waals surface area contributed by atoms with Crippen LogP contribution in [-0.2, 0) is 16.1 Å². The van der Waals surface area contributed by atoms with E-state index in [2.05, 4.69) is 0 Å². The van der Waals surface area contributed by atoms with Crippen LogP contribution in [0.5, 0.6) is 0 Å². The Morgan fingerprint density at radius 3 is 2.74 bits per heavy atom. The molecule has 1 aliphatic carbocycles. The average molecular weight is 263 g/mol. The molecule has 0 radical (unpaired) electrons. The van der Waals surface area contributed by atoms with E-state index in [1.165, 1.54) is 7.11 Å². The predicted octanol–water partition coefficient (Wildman–Crippen LogP) is 2.26. The molecule has 1 aromatic rings. The Hall–Kier alpha value is -1.39. The van der Waals surface area contributed by atoms with Crippen molar-refractivity contribution in [2.75, 3.05) is 7.11 Å². The van der Waals surface area contributed by atoms with Gasteiger partial charge >= 0.3 is 5.97 Å². The maximum atomic E-state index is 11.4. The minimum absolute atomic E-state index is 0.293. The highest BCUT2D eigenvalue weighted by atomic mass is 16.5. The van der Waals surface area contributed by atoms with Gasteiger partial charge in [0.05, 0.1) is 25.4 Å². The Morgan fingerprint density at radius 1 is 1.32 bits per heavy atom. The second-order valence-electron chi connectivity index (χ2n) is 5.04. The van der Waals surface area contributed by atoms with Crippen LogP contribution < -0.4 is 5.73 Å². The molecule has 0 spiro atoms. The quantitative estimate of drug-likeness (QED) is 0.846. The van der Waals surface area contributed by atoms with Gasteiger partial charge in [-0.05, 0) is 43.4 Å². The van der Waals surface area contributed by atoms with Gasteiger partial charge in [-0.15, -0.1) is 0 Å². The van der Waals surface area contributed by atoms with E-state index in [4.69, 9.17) is 15.2 Å². The summed E-state index contributed by atoms with van der Waals surface area (Å²) in [5.74, 6) is -0.314. The smallest absolute Gasteiger partial charge is 0.337 e. The lowest BCUT2D eigenvalue weighted by Crippen LogP contribution is -2.30. The highest BCUT2D eigenvalue weighted by Gasteiger charge is 2.18. The highest BCUT2D eigenvalue weighted by Crippen LogP contribution is 2.21. The van der Waals surface area contributed by atoms with Crippen LogP contribution >= 0.6 is 0 Å². The van der Waals surface area contributed by atoms with Crippen molar-refractivity contribution in [3.8, 4) is 0 Å². The first kappa shape index (κ1) is 14.0. The molecule has 2 rings (SSSR count). The fourth-order valence-electron chi connectivity index (χ4n) is 2.38. The Labute approximate surface area is 113 Å². The van der Waals surface area contributed by atoms with Crippen LogP contribution in [0.15, 0.2) is 24.3 Å². The zero-order chi connectivity index (χ0) is 13.7. The number of esters is 1. The van der Waals surface area contributed by atoms with Gasteiger partial charge in [-0.1, -0.05) is 12.1 Å². The molecule has 1 saturated carbocycles. The lowest BCUT2D eigenvalue weighted by molar-refractivity contribution is 0.0138. The van der Waals surface area contributed by atoms with Gasteiger partial charge in [0.25, 0.3) is 0 Å². The van der Waals surface area contributed by atoms with Gasteiger partial charge in [0.1, 0.15) is 0 Å². The minimum Gasteiger partial charge on any atom is -0.465 e. The number of hydrogen-bond acceptors (Lipinski definition) is 4. The highest BCUT2D eigenvalue weighted by molar-refractivity contribution is 5.89. The van der Waals surface area contributed by atoms with E-state index in [0.717, 1.165) is 31.2 Å². The number of carbonyl (C=O) groups is 1. The number of nitrogens with two attached hydrogens (primary N) is 1. The first-order valence-electron chi connectivity index (χ1n) is 6.73. The fraction of sp³-hybridized carbons (Fsp3) is 0.533. The summed E-state index contributed by atoms with van der Waals surface area (Å²) in [6.45, 7) is 0.532. The summed E-state index contributed by atoms with van der Waals surface area (Å²) >= 11 is 0. The lowest BCUT2D eigenvalue weighted by atomic mass is 9.94. The molecule has 1 aromatic carbocycles. The average Bonchev–Trinajstić information content (AvgIpc) is 2.46. The van der Waals surface area contributed by atoms with Crippen LogP contribution in [0, 0.1) is 0 Å². The summed E-state index contributed by atoms with van der Waals surface area (Å²) in [6, 6.07) is 7.71. The van der Waals surface area contributed by atoms with Crippen molar-refractivity contribution in [1.29, 1.82) is 0 Å². The van der Waals surface area contributed by atoms with Gasteiger partial charge in [-0.2, -0.15) is 0 Å². The van der Waals surface area contributed by atoms with Crippen LogP contribution in [0.3, 0.4) is 0 Å². The maximum absolute atomic E-state index is 11.4. The number of hydrogen-bond donors (Lipinski definition) is 1. The van der Waals surface area contributed by atoms with Crippen molar-refractivity contribution in [3.63, 3.8) is 0 Å². The standard InChI is InChI=1S/C15H21NO3/c1-18-15(17)12-4-2-3-11(9-12)10-19-14-7-5-13(16)6-8-14/h2-4,9,13-14H,5-8,10,16H2,1H3. The van der Waals surface area contributed by atoms with E-state index in [1.807, 2.05) is 18.2 Å².